The molecule has 1 aliphatic rings. The molecule has 0 aromatic heterocycles. The van der Waals surface area contributed by atoms with E-state index in [4.69, 9.17) is 9.47 Å². The van der Waals surface area contributed by atoms with Gasteiger partial charge >= 0.3 is 6.09 Å². The molecular formula is C18H28N2O3. The highest BCUT2D eigenvalue weighted by Gasteiger charge is 2.29. The van der Waals surface area contributed by atoms with E-state index < -0.39 is 5.60 Å². The van der Waals surface area contributed by atoms with Crippen LogP contribution in [-0.4, -0.2) is 37.9 Å². The molecule has 1 aromatic carbocycles. The van der Waals surface area contributed by atoms with Gasteiger partial charge in [0.15, 0.2) is 0 Å². The summed E-state index contributed by atoms with van der Waals surface area (Å²) < 4.78 is 10.4. The SMILES string of the molecule is COc1ccc(C2CC(NCCNC(=O)OC(C)(C)C)C2)cc1. The van der Waals surface area contributed by atoms with Crippen LogP contribution in [0.1, 0.15) is 45.1 Å². The highest BCUT2D eigenvalue weighted by molar-refractivity contribution is 5.67. The molecule has 1 saturated carbocycles. The number of nitrogens with one attached hydrogen (secondary N) is 2. The molecule has 0 spiro atoms. The van der Waals surface area contributed by atoms with Gasteiger partial charge in [-0.1, -0.05) is 12.1 Å². The van der Waals surface area contributed by atoms with Crippen molar-refractivity contribution in [1.29, 1.82) is 0 Å². The average Bonchev–Trinajstić information content (AvgIpc) is 2.43. The second kappa shape index (κ2) is 7.68. The summed E-state index contributed by atoms with van der Waals surface area (Å²) in [5.41, 5.74) is 0.924. The molecule has 1 aromatic rings. The van der Waals surface area contributed by atoms with Gasteiger partial charge in [0.25, 0.3) is 0 Å². The van der Waals surface area contributed by atoms with Crippen LogP contribution in [0.15, 0.2) is 24.3 Å². The van der Waals surface area contributed by atoms with Crippen LogP contribution in [0.4, 0.5) is 4.79 Å². The van der Waals surface area contributed by atoms with Crippen LogP contribution in [0.5, 0.6) is 5.75 Å². The van der Waals surface area contributed by atoms with Gasteiger partial charge in [-0.25, -0.2) is 4.79 Å². The lowest BCUT2D eigenvalue weighted by molar-refractivity contribution is 0.0527. The standard InChI is InChI=1S/C18H28N2O3/c1-18(2,3)23-17(21)20-10-9-19-15-11-14(12-15)13-5-7-16(22-4)8-6-13/h5-8,14-15,19H,9-12H2,1-4H3,(H,20,21). The number of carbonyl (C=O) groups excluding carboxylic acids is 1. The third-order valence-electron chi connectivity index (χ3n) is 3.95. The largest absolute Gasteiger partial charge is 0.497 e. The predicted molar refractivity (Wildman–Crippen MR) is 91.0 cm³/mol. The number of benzene rings is 1. The van der Waals surface area contributed by atoms with Gasteiger partial charge in [-0.3, -0.25) is 0 Å². The Kier molecular flexibility index (Phi) is 5.88. The Bertz CT molecular complexity index is 502. The lowest BCUT2D eigenvalue weighted by Gasteiger charge is -2.36. The van der Waals surface area contributed by atoms with Crippen molar-refractivity contribution in [2.75, 3.05) is 20.2 Å². The first kappa shape index (κ1) is 17.6. The zero-order chi connectivity index (χ0) is 16.9. The van der Waals surface area contributed by atoms with Crippen molar-refractivity contribution < 1.29 is 14.3 Å². The molecule has 2 N–H and O–H groups in total. The first-order valence-corrected chi connectivity index (χ1v) is 8.21. The van der Waals surface area contributed by atoms with Gasteiger partial charge in [0.2, 0.25) is 0 Å². The Morgan fingerprint density at radius 2 is 1.83 bits per heavy atom. The maximum Gasteiger partial charge on any atom is 0.407 e. The molecule has 0 bridgehead atoms. The fraction of sp³-hybridized carbons (Fsp3) is 0.611. The highest BCUT2D eigenvalue weighted by Crippen LogP contribution is 2.37. The van der Waals surface area contributed by atoms with Crippen LogP contribution in [0.3, 0.4) is 0 Å². The molecule has 1 fully saturated rings. The summed E-state index contributed by atoms with van der Waals surface area (Å²) in [6.45, 7) is 6.92. The third-order valence-corrected chi connectivity index (χ3v) is 3.95. The number of hydrogen-bond acceptors (Lipinski definition) is 4. The minimum Gasteiger partial charge on any atom is -0.497 e. The lowest BCUT2D eigenvalue weighted by atomic mass is 9.76. The molecule has 5 nitrogen and oxygen atoms in total. The van der Waals surface area contributed by atoms with Crippen molar-refractivity contribution in [2.24, 2.45) is 0 Å². The lowest BCUT2D eigenvalue weighted by Crippen LogP contribution is -2.44. The normalized spacial score (nSPS) is 20.5. The number of carbonyl (C=O) groups is 1. The van der Waals surface area contributed by atoms with E-state index in [1.165, 1.54) is 5.56 Å². The van der Waals surface area contributed by atoms with Crippen LogP contribution < -0.4 is 15.4 Å². The van der Waals surface area contributed by atoms with Crippen LogP contribution >= 0.6 is 0 Å². The summed E-state index contributed by atoms with van der Waals surface area (Å²) in [5, 5.41) is 6.23. The van der Waals surface area contributed by atoms with Crippen molar-refractivity contribution in [3.05, 3.63) is 29.8 Å². The van der Waals surface area contributed by atoms with Gasteiger partial charge in [-0.15, -0.1) is 0 Å². The van der Waals surface area contributed by atoms with Crippen molar-refractivity contribution in [2.45, 2.75) is 51.2 Å². The second-order valence-corrected chi connectivity index (χ2v) is 7.02. The molecule has 0 heterocycles. The van der Waals surface area contributed by atoms with E-state index in [0.29, 0.717) is 18.5 Å². The third kappa shape index (κ3) is 5.75. The number of alkyl carbamates (subject to hydrolysis) is 1. The van der Waals surface area contributed by atoms with Crippen LogP contribution in [0, 0.1) is 0 Å². The van der Waals surface area contributed by atoms with Gasteiger partial charge in [-0.05, 0) is 57.2 Å². The molecule has 0 unspecified atom stereocenters. The van der Waals surface area contributed by atoms with Crippen LogP contribution in [0.25, 0.3) is 0 Å². The van der Waals surface area contributed by atoms with Gasteiger partial charge < -0.3 is 20.1 Å². The second-order valence-electron chi connectivity index (χ2n) is 7.02. The molecule has 0 aliphatic heterocycles. The van der Waals surface area contributed by atoms with Gasteiger partial charge in [-0.2, -0.15) is 0 Å². The van der Waals surface area contributed by atoms with Gasteiger partial charge in [0.05, 0.1) is 7.11 Å². The number of hydrogen-bond donors (Lipinski definition) is 2. The summed E-state index contributed by atoms with van der Waals surface area (Å²) in [6.07, 6.45) is 1.92. The van der Waals surface area contributed by atoms with Crippen LogP contribution in [-0.2, 0) is 4.74 Å². The summed E-state index contributed by atoms with van der Waals surface area (Å²) in [4.78, 5) is 11.5. The Morgan fingerprint density at radius 3 is 2.39 bits per heavy atom. The van der Waals surface area contributed by atoms with E-state index >= 15 is 0 Å². The number of rotatable bonds is 6. The monoisotopic (exact) mass is 320 g/mol. The maximum absolute atomic E-state index is 11.5. The average molecular weight is 320 g/mol. The number of amides is 1. The molecule has 0 radical (unpaired) electrons. The van der Waals surface area contributed by atoms with E-state index in [1.807, 2.05) is 32.9 Å². The molecule has 5 heteroatoms. The molecule has 1 aliphatic carbocycles. The minimum atomic E-state index is -0.447. The summed E-state index contributed by atoms with van der Waals surface area (Å²) in [5.74, 6) is 1.52. The quantitative estimate of drug-likeness (QED) is 0.791. The van der Waals surface area contributed by atoms with Gasteiger partial charge in [0, 0.05) is 19.1 Å². The van der Waals surface area contributed by atoms with Crippen LogP contribution in [0.2, 0.25) is 0 Å². The zero-order valence-electron chi connectivity index (χ0n) is 14.5. The molecular weight excluding hydrogens is 292 g/mol. The highest BCUT2D eigenvalue weighted by atomic mass is 16.6. The first-order chi connectivity index (χ1) is 10.9. The van der Waals surface area contributed by atoms with Crippen molar-refractivity contribution in [3.8, 4) is 5.75 Å². The number of ether oxygens (including phenoxy) is 2. The minimum absolute atomic E-state index is 0.357. The van der Waals surface area contributed by atoms with E-state index in [0.717, 1.165) is 25.1 Å². The molecule has 1 amide bonds. The Balaban J connectivity index is 1.58. The fourth-order valence-corrected chi connectivity index (χ4v) is 2.69. The van der Waals surface area contributed by atoms with Crippen molar-refractivity contribution in [1.82, 2.24) is 10.6 Å². The summed E-state index contributed by atoms with van der Waals surface area (Å²) in [7, 11) is 1.68. The summed E-state index contributed by atoms with van der Waals surface area (Å²) in [6, 6.07) is 8.84. The molecule has 2 rings (SSSR count). The zero-order valence-corrected chi connectivity index (χ0v) is 14.5. The van der Waals surface area contributed by atoms with E-state index in [-0.39, 0.29) is 6.09 Å². The predicted octanol–water partition coefficient (Wildman–Crippen LogP) is 3.06. The smallest absolute Gasteiger partial charge is 0.407 e. The first-order valence-electron chi connectivity index (χ1n) is 8.21. The molecule has 0 saturated heterocycles. The van der Waals surface area contributed by atoms with E-state index in [2.05, 4.69) is 22.8 Å². The fourth-order valence-electron chi connectivity index (χ4n) is 2.69. The maximum atomic E-state index is 11.5. The topological polar surface area (TPSA) is 59.6 Å². The van der Waals surface area contributed by atoms with E-state index in [9.17, 15) is 4.79 Å². The summed E-state index contributed by atoms with van der Waals surface area (Å²) >= 11 is 0. The Morgan fingerprint density at radius 1 is 1.17 bits per heavy atom. The molecule has 23 heavy (non-hydrogen) atoms. The van der Waals surface area contributed by atoms with Crippen molar-refractivity contribution in [3.63, 3.8) is 0 Å². The van der Waals surface area contributed by atoms with Gasteiger partial charge in [0.1, 0.15) is 11.4 Å². The molecule has 0 atom stereocenters. The number of methoxy groups -OCH3 is 1. The molecule has 128 valence electrons. The van der Waals surface area contributed by atoms with Crippen molar-refractivity contribution >= 4 is 6.09 Å². The van der Waals surface area contributed by atoms with E-state index in [1.54, 1.807) is 7.11 Å². The Hall–Kier alpha value is -1.75. The Labute approximate surface area is 138 Å².